The van der Waals surface area contributed by atoms with Gasteiger partial charge in [0, 0.05) is 17.2 Å². The van der Waals surface area contributed by atoms with Crippen molar-refractivity contribution in [3.05, 3.63) is 59.7 Å². The van der Waals surface area contributed by atoms with Gasteiger partial charge in [-0.1, -0.05) is 23.8 Å². The number of benzene rings is 2. The molecule has 0 saturated heterocycles. The van der Waals surface area contributed by atoms with Gasteiger partial charge in [-0.05, 0) is 44.2 Å². The summed E-state index contributed by atoms with van der Waals surface area (Å²) in [5.41, 5.74) is 1.41. The van der Waals surface area contributed by atoms with Crippen LogP contribution in [0.2, 0.25) is 0 Å². The Labute approximate surface area is 152 Å². The summed E-state index contributed by atoms with van der Waals surface area (Å²) in [5, 5.41) is 0. The first-order chi connectivity index (χ1) is 11.9. The number of nitrogens with one attached hydrogen (secondary N) is 1. The van der Waals surface area contributed by atoms with E-state index in [0.717, 1.165) is 4.90 Å². The third-order valence-corrected chi connectivity index (χ3v) is 5.81. The normalized spacial score (nSPS) is 11.3. The van der Waals surface area contributed by atoms with Crippen LogP contribution in [0.4, 0.5) is 0 Å². The molecule has 0 heterocycles. The molecule has 7 heteroatoms. The molecule has 5 nitrogen and oxygen atoms in total. The van der Waals surface area contributed by atoms with Crippen LogP contribution in [0.5, 0.6) is 0 Å². The van der Waals surface area contributed by atoms with E-state index in [4.69, 9.17) is 4.74 Å². The maximum atomic E-state index is 12.3. The zero-order chi connectivity index (χ0) is 18.3. The maximum Gasteiger partial charge on any atom is 0.338 e. The molecule has 0 saturated carbocycles. The molecule has 0 radical (unpaired) electrons. The molecule has 0 aliphatic carbocycles. The highest BCUT2D eigenvalue weighted by atomic mass is 32.2. The Morgan fingerprint density at radius 3 is 2.56 bits per heavy atom. The molecule has 2 aromatic rings. The molecule has 134 valence electrons. The average molecular weight is 380 g/mol. The van der Waals surface area contributed by atoms with Gasteiger partial charge in [-0.25, -0.2) is 17.9 Å². The summed E-state index contributed by atoms with van der Waals surface area (Å²) in [5.74, 6) is 0.0781. The highest BCUT2D eigenvalue weighted by molar-refractivity contribution is 7.99. The minimum atomic E-state index is -3.66. The molecule has 2 rings (SSSR count). The fourth-order valence-corrected chi connectivity index (χ4v) is 4.04. The number of sulfonamides is 1. The average Bonchev–Trinajstić information content (AvgIpc) is 2.60. The van der Waals surface area contributed by atoms with Crippen LogP contribution in [-0.4, -0.2) is 33.3 Å². The van der Waals surface area contributed by atoms with Crippen LogP contribution < -0.4 is 4.72 Å². The molecular weight excluding hydrogens is 358 g/mol. The SMILES string of the molecule is CCOC(=O)c1cccc(S(=O)(=O)NCCSc2ccc(C)cc2)c1. The van der Waals surface area contributed by atoms with Crippen LogP contribution in [0.15, 0.2) is 58.3 Å². The van der Waals surface area contributed by atoms with Crippen LogP contribution in [0, 0.1) is 6.92 Å². The van der Waals surface area contributed by atoms with E-state index in [2.05, 4.69) is 4.72 Å². The predicted octanol–water partition coefficient (Wildman–Crippen LogP) is 3.24. The summed E-state index contributed by atoms with van der Waals surface area (Å²) in [6.07, 6.45) is 0. The van der Waals surface area contributed by atoms with Crippen LogP contribution in [0.3, 0.4) is 0 Å². The number of thioether (sulfide) groups is 1. The first-order valence-electron chi connectivity index (χ1n) is 7.88. The first-order valence-corrected chi connectivity index (χ1v) is 10.4. The molecule has 0 atom stereocenters. The van der Waals surface area contributed by atoms with Crippen molar-refractivity contribution >= 4 is 27.8 Å². The number of ether oxygens (including phenoxy) is 1. The Bertz CT molecular complexity index is 817. The first kappa shape index (κ1) is 19.5. The molecule has 25 heavy (non-hydrogen) atoms. The fourth-order valence-electron chi connectivity index (χ4n) is 2.07. The molecule has 0 aliphatic rings. The summed E-state index contributed by atoms with van der Waals surface area (Å²) in [6, 6.07) is 13.9. The van der Waals surface area contributed by atoms with Gasteiger partial charge in [0.25, 0.3) is 0 Å². The summed E-state index contributed by atoms with van der Waals surface area (Å²) < 4.78 is 32.1. The monoisotopic (exact) mass is 379 g/mol. The molecule has 0 bridgehead atoms. The Hall–Kier alpha value is -1.83. The smallest absolute Gasteiger partial charge is 0.338 e. The molecule has 0 aliphatic heterocycles. The van der Waals surface area contributed by atoms with Crippen molar-refractivity contribution in [2.24, 2.45) is 0 Å². The Morgan fingerprint density at radius 2 is 1.88 bits per heavy atom. The largest absolute Gasteiger partial charge is 0.462 e. The number of aryl methyl sites for hydroxylation is 1. The van der Waals surface area contributed by atoms with E-state index < -0.39 is 16.0 Å². The van der Waals surface area contributed by atoms with Gasteiger partial charge in [-0.15, -0.1) is 11.8 Å². The van der Waals surface area contributed by atoms with Crippen LogP contribution in [0.1, 0.15) is 22.8 Å². The number of esters is 1. The third-order valence-electron chi connectivity index (χ3n) is 3.34. The second kappa shape index (κ2) is 9.03. The molecule has 0 unspecified atom stereocenters. The van der Waals surface area contributed by atoms with E-state index in [-0.39, 0.29) is 17.1 Å². The van der Waals surface area contributed by atoms with E-state index in [1.807, 2.05) is 31.2 Å². The second-order valence-electron chi connectivity index (χ2n) is 5.31. The van der Waals surface area contributed by atoms with Gasteiger partial charge in [0.15, 0.2) is 0 Å². The van der Waals surface area contributed by atoms with E-state index in [1.165, 1.54) is 29.8 Å². The molecule has 2 aromatic carbocycles. The van der Waals surface area contributed by atoms with Crippen molar-refractivity contribution in [3.63, 3.8) is 0 Å². The van der Waals surface area contributed by atoms with Crippen molar-refractivity contribution in [2.75, 3.05) is 18.9 Å². The standard InChI is InChI=1S/C18H21NO4S2/c1-3-23-18(20)15-5-4-6-17(13-15)25(21,22)19-11-12-24-16-9-7-14(2)8-10-16/h4-10,13,19H,3,11-12H2,1-2H3. The fraction of sp³-hybridized carbons (Fsp3) is 0.278. The Kier molecular flexibility index (Phi) is 7.04. The van der Waals surface area contributed by atoms with E-state index in [1.54, 1.807) is 18.7 Å². The van der Waals surface area contributed by atoms with Crippen molar-refractivity contribution < 1.29 is 17.9 Å². The van der Waals surface area contributed by atoms with Gasteiger partial charge in [0.2, 0.25) is 10.0 Å². The van der Waals surface area contributed by atoms with E-state index >= 15 is 0 Å². The van der Waals surface area contributed by atoms with Crippen molar-refractivity contribution in [1.29, 1.82) is 0 Å². The zero-order valence-corrected chi connectivity index (χ0v) is 15.8. The maximum absolute atomic E-state index is 12.3. The van der Waals surface area contributed by atoms with Crippen molar-refractivity contribution in [3.8, 4) is 0 Å². The quantitative estimate of drug-likeness (QED) is 0.433. The topological polar surface area (TPSA) is 72.5 Å². The van der Waals surface area contributed by atoms with Gasteiger partial charge in [0.05, 0.1) is 17.1 Å². The molecule has 1 N–H and O–H groups in total. The lowest BCUT2D eigenvalue weighted by Gasteiger charge is -2.08. The highest BCUT2D eigenvalue weighted by Gasteiger charge is 2.16. The van der Waals surface area contributed by atoms with E-state index in [0.29, 0.717) is 12.3 Å². The van der Waals surface area contributed by atoms with Gasteiger partial charge >= 0.3 is 5.97 Å². The number of rotatable bonds is 8. The molecule has 0 fully saturated rings. The minimum Gasteiger partial charge on any atom is -0.462 e. The summed E-state index contributed by atoms with van der Waals surface area (Å²) in [4.78, 5) is 12.9. The Balaban J connectivity index is 1.93. The number of hydrogen-bond donors (Lipinski definition) is 1. The molecule has 0 amide bonds. The minimum absolute atomic E-state index is 0.0541. The van der Waals surface area contributed by atoms with Crippen LogP contribution >= 0.6 is 11.8 Å². The van der Waals surface area contributed by atoms with Crippen molar-refractivity contribution in [2.45, 2.75) is 23.6 Å². The number of hydrogen-bond acceptors (Lipinski definition) is 5. The predicted molar refractivity (Wildman–Crippen MR) is 99.5 cm³/mol. The van der Waals surface area contributed by atoms with Gasteiger partial charge in [-0.3, -0.25) is 0 Å². The summed E-state index contributed by atoms with van der Waals surface area (Å²) >= 11 is 1.58. The Morgan fingerprint density at radius 1 is 1.16 bits per heavy atom. The molecule has 0 spiro atoms. The lowest BCUT2D eigenvalue weighted by molar-refractivity contribution is 0.0526. The van der Waals surface area contributed by atoms with Crippen molar-refractivity contribution in [1.82, 2.24) is 4.72 Å². The van der Waals surface area contributed by atoms with Gasteiger partial charge < -0.3 is 4.74 Å². The summed E-state index contributed by atoms with van der Waals surface area (Å²) in [6.45, 7) is 4.26. The number of carbonyl (C=O) groups is 1. The summed E-state index contributed by atoms with van der Waals surface area (Å²) in [7, 11) is -3.66. The van der Waals surface area contributed by atoms with Gasteiger partial charge in [0.1, 0.15) is 0 Å². The highest BCUT2D eigenvalue weighted by Crippen LogP contribution is 2.18. The van der Waals surface area contributed by atoms with Gasteiger partial charge in [-0.2, -0.15) is 0 Å². The zero-order valence-electron chi connectivity index (χ0n) is 14.2. The second-order valence-corrected chi connectivity index (χ2v) is 8.24. The molecule has 0 aromatic heterocycles. The third kappa shape index (κ3) is 5.88. The lowest BCUT2D eigenvalue weighted by atomic mass is 10.2. The number of carbonyl (C=O) groups excluding carboxylic acids is 1. The van der Waals surface area contributed by atoms with Crippen LogP contribution in [-0.2, 0) is 14.8 Å². The lowest BCUT2D eigenvalue weighted by Crippen LogP contribution is -2.26. The molecular formula is C18H21NO4S2. The van der Waals surface area contributed by atoms with E-state index in [9.17, 15) is 13.2 Å². The van der Waals surface area contributed by atoms with Crippen LogP contribution in [0.25, 0.3) is 0 Å².